The molecule has 4 N–H and O–H groups in total. The van der Waals surface area contributed by atoms with Crippen molar-refractivity contribution in [1.82, 2.24) is 20.2 Å². The number of carbonyl (C=O) groups excluding carboxylic acids is 1. The maximum Gasteiger partial charge on any atom is 0.242 e. The number of imidazole rings is 1. The summed E-state index contributed by atoms with van der Waals surface area (Å²) in [5, 5.41) is 20.4. The number of halogens is 3. The van der Waals surface area contributed by atoms with Crippen molar-refractivity contribution in [2.24, 2.45) is 0 Å². The maximum atomic E-state index is 14.4. The largest absolute Gasteiger partial charge is 0.395 e. The lowest BCUT2D eigenvalue weighted by Gasteiger charge is -2.29. The van der Waals surface area contributed by atoms with Gasteiger partial charge in [-0.1, -0.05) is 55.3 Å². The van der Waals surface area contributed by atoms with Crippen LogP contribution in [0.2, 0.25) is 5.02 Å². The molecule has 10 heteroatoms. The van der Waals surface area contributed by atoms with E-state index >= 15 is 0 Å². The number of para-hydroxylation sites is 1. The second-order valence-corrected chi connectivity index (χ2v) is 11.8. The monoisotopic (exact) mass is 621 g/mol. The lowest BCUT2D eigenvalue weighted by molar-refractivity contribution is -0.118. The van der Waals surface area contributed by atoms with Crippen molar-refractivity contribution in [3.05, 3.63) is 112 Å². The summed E-state index contributed by atoms with van der Waals surface area (Å²) in [7, 11) is 0. The molecule has 0 fully saturated rings. The Kier molecular flexibility index (Phi) is 10.8. The number of aryl methyl sites for hydroxylation is 1. The van der Waals surface area contributed by atoms with Gasteiger partial charge in [-0.05, 0) is 78.6 Å². The third-order valence-corrected chi connectivity index (χ3v) is 8.35. The fraction of sp³-hybridized carbons (Fsp3) is 0.353. The number of hydrogen-bond donors (Lipinski definition) is 4. The second kappa shape index (κ2) is 14.9. The second-order valence-electron chi connectivity index (χ2n) is 11.3. The van der Waals surface area contributed by atoms with Crippen LogP contribution in [0.25, 0.3) is 5.69 Å². The van der Waals surface area contributed by atoms with Gasteiger partial charge in [0.05, 0.1) is 24.5 Å². The van der Waals surface area contributed by atoms with Gasteiger partial charge < -0.3 is 25.6 Å². The summed E-state index contributed by atoms with van der Waals surface area (Å²) in [4.78, 5) is 17.8. The highest BCUT2D eigenvalue weighted by Gasteiger charge is 2.27. The molecule has 3 atom stereocenters. The van der Waals surface area contributed by atoms with E-state index in [-0.39, 0.29) is 24.6 Å². The van der Waals surface area contributed by atoms with Gasteiger partial charge in [0.2, 0.25) is 5.91 Å². The Morgan fingerprint density at radius 3 is 2.73 bits per heavy atom. The van der Waals surface area contributed by atoms with Gasteiger partial charge in [0.15, 0.2) is 5.82 Å². The predicted octanol–water partition coefficient (Wildman–Crippen LogP) is 5.75. The molecule has 0 spiro atoms. The first-order chi connectivity index (χ1) is 21.3. The van der Waals surface area contributed by atoms with Crippen LogP contribution in [-0.2, 0) is 30.6 Å². The Morgan fingerprint density at radius 2 is 1.95 bits per heavy atom. The zero-order valence-corrected chi connectivity index (χ0v) is 25.5. The summed E-state index contributed by atoms with van der Waals surface area (Å²) >= 11 is 6.00. The topological polar surface area (TPSA) is 91.2 Å². The molecule has 0 aliphatic heterocycles. The van der Waals surface area contributed by atoms with Gasteiger partial charge in [-0.25, -0.2) is 13.8 Å². The SMILES string of the molecule is CCC[C@@H](N[C@H]1CCc2cc(F)cc(F)c2C1)C(=O)Nc1cn(-c2ccccc2CNC(CO)Cc2ccc(Cl)cc2)cn1. The van der Waals surface area contributed by atoms with Gasteiger partial charge in [0.25, 0.3) is 0 Å². The highest BCUT2D eigenvalue weighted by Crippen LogP contribution is 2.26. The summed E-state index contributed by atoms with van der Waals surface area (Å²) in [5.41, 5.74) is 4.21. The molecule has 1 aromatic heterocycles. The molecule has 232 valence electrons. The van der Waals surface area contributed by atoms with Crippen LogP contribution in [0.4, 0.5) is 14.6 Å². The minimum atomic E-state index is -0.558. The number of rotatable bonds is 13. The number of anilines is 1. The van der Waals surface area contributed by atoms with Crippen LogP contribution in [0.15, 0.2) is 73.2 Å². The summed E-state index contributed by atoms with van der Waals surface area (Å²) in [5.74, 6) is -0.868. The molecule has 0 bridgehead atoms. The Balaban J connectivity index is 1.21. The summed E-state index contributed by atoms with van der Waals surface area (Å²) in [6, 6.07) is 17.1. The molecule has 3 aromatic carbocycles. The Morgan fingerprint density at radius 1 is 1.16 bits per heavy atom. The van der Waals surface area contributed by atoms with Crippen molar-refractivity contribution >= 4 is 23.3 Å². The lowest BCUT2D eigenvalue weighted by Crippen LogP contribution is -2.48. The number of benzene rings is 3. The lowest BCUT2D eigenvalue weighted by atomic mass is 9.87. The van der Waals surface area contributed by atoms with Gasteiger partial charge in [0.1, 0.15) is 18.0 Å². The number of amides is 1. The molecule has 0 radical (unpaired) electrons. The predicted molar refractivity (Wildman–Crippen MR) is 169 cm³/mol. The van der Waals surface area contributed by atoms with Crippen molar-refractivity contribution in [3.8, 4) is 5.69 Å². The molecule has 1 heterocycles. The molecular weight excluding hydrogens is 584 g/mol. The molecule has 1 aliphatic rings. The quantitative estimate of drug-likeness (QED) is 0.153. The number of nitrogens with one attached hydrogen (secondary N) is 3. The van der Waals surface area contributed by atoms with E-state index < -0.39 is 17.7 Å². The standard InChI is InChI=1S/C34H38ClF2N5O2/c1-2-5-31(40-27-13-10-23-15-26(36)16-30(37)29(23)17-27)34(44)41-33-19-42(21-39-33)32-7-4-3-6-24(32)18-38-28(20-43)14-22-8-11-25(35)12-9-22/h3-4,6-9,11-12,15-16,19,21,27-28,31,38,40,43H,2,5,10,13-14,17-18,20H2,1H3,(H,41,44)/t27-,28?,31+/m0/s1. The molecule has 4 aromatic rings. The number of carbonyl (C=O) groups is 1. The Hall–Kier alpha value is -3.63. The van der Waals surface area contributed by atoms with E-state index in [2.05, 4.69) is 20.9 Å². The van der Waals surface area contributed by atoms with Crippen LogP contribution in [0, 0.1) is 11.6 Å². The molecule has 1 aliphatic carbocycles. The van der Waals surface area contributed by atoms with Gasteiger partial charge in [-0.3, -0.25) is 4.79 Å². The van der Waals surface area contributed by atoms with Crippen LogP contribution in [0.1, 0.15) is 48.4 Å². The molecule has 5 rings (SSSR count). The molecule has 1 unspecified atom stereocenters. The summed E-state index contributed by atoms with van der Waals surface area (Å²) in [6.07, 6.45) is 7.15. The van der Waals surface area contributed by atoms with Gasteiger partial charge in [0, 0.05) is 29.7 Å². The summed E-state index contributed by atoms with van der Waals surface area (Å²) in [6.45, 7) is 2.52. The van der Waals surface area contributed by atoms with E-state index in [1.807, 2.05) is 60.0 Å². The van der Waals surface area contributed by atoms with Crippen LogP contribution < -0.4 is 16.0 Å². The third kappa shape index (κ3) is 8.09. The van der Waals surface area contributed by atoms with E-state index in [0.29, 0.717) is 60.6 Å². The number of nitrogens with zero attached hydrogens (tertiary/aromatic N) is 2. The average Bonchev–Trinajstić information content (AvgIpc) is 3.48. The molecule has 7 nitrogen and oxygen atoms in total. The van der Waals surface area contributed by atoms with Crippen molar-refractivity contribution in [3.63, 3.8) is 0 Å². The fourth-order valence-electron chi connectivity index (χ4n) is 5.80. The van der Waals surface area contributed by atoms with Gasteiger partial charge in [-0.15, -0.1) is 0 Å². The maximum absolute atomic E-state index is 14.4. The zero-order chi connectivity index (χ0) is 31.1. The number of fused-ring (bicyclic) bond motifs is 1. The zero-order valence-electron chi connectivity index (χ0n) is 24.7. The first-order valence-electron chi connectivity index (χ1n) is 15.1. The van der Waals surface area contributed by atoms with Crippen LogP contribution in [0.3, 0.4) is 0 Å². The summed E-state index contributed by atoms with van der Waals surface area (Å²) < 4.78 is 29.9. The van der Waals surface area contributed by atoms with Crippen LogP contribution in [0.5, 0.6) is 0 Å². The minimum Gasteiger partial charge on any atom is -0.395 e. The smallest absolute Gasteiger partial charge is 0.242 e. The van der Waals surface area contributed by atoms with Crippen LogP contribution >= 0.6 is 11.6 Å². The van der Waals surface area contributed by atoms with Crippen molar-refractivity contribution < 1.29 is 18.7 Å². The molecule has 1 amide bonds. The number of aliphatic hydroxyl groups is 1. The third-order valence-electron chi connectivity index (χ3n) is 8.10. The van der Waals surface area contributed by atoms with Crippen LogP contribution in [-0.4, -0.2) is 45.3 Å². The Bertz CT molecular complexity index is 1560. The van der Waals surface area contributed by atoms with Crippen molar-refractivity contribution in [2.45, 2.75) is 70.1 Å². The van der Waals surface area contributed by atoms with E-state index in [0.717, 1.165) is 29.3 Å². The molecule has 0 saturated carbocycles. The van der Waals surface area contributed by atoms with Gasteiger partial charge >= 0.3 is 0 Å². The average molecular weight is 622 g/mol. The van der Waals surface area contributed by atoms with E-state index in [1.165, 1.54) is 6.07 Å². The van der Waals surface area contributed by atoms with E-state index in [4.69, 9.17) is 11.6 Å². The number of aliphatic hydroxyl groups excluding tert-OH is 1. The van der Waals surface area contributed by atoms with E-state index in [9.17, 15) is 18.7 Å². The molecular formula is C34H38ClF2N5O2. The molecule has 44 heavy (non-hydrogen) atoms. The Labute approximate surface area is 261 Å². The van der Waals surface area contributed by atoms with E-state index in [1.54, 1.807) is 12.5 Å². The number of aromatic nitrogens is 2. The van der Waals surface area contributed by atoms with Gasteiger partial charge in [-0.2, -0.15) is 0 Å². The first-order valence-corrected chi connectivity index (χ1v) is 15.4. The molecule has 0 saturated heterocycles. The highest BCUT2D eigenvalue weighted by atomic mass is 35.5. The minimum absolute atomic E-state index is 0.0140. The number of hydrogen-bond acceptors (Lipinski definition) is 5. The highest BCUT2D eigenvalue weighted by molar-refractivity contribution is 6.30. The van der Waals surface area contributed by atoms with Crippen molar-refractivity contribution in [1.29, 1.82) is 0 Å². The normalized spacial score (nSPS) is 15.9. The first kappa shape index (κ1) is 31.8. The fourth-order valence-corrected chi connectivity index (χ4v) is 5.92. The van der Waals surface area contributed by atoms with Crippen molar-refractivity contribution in [2.75, 3.05) is 11.9 Å².